The summed E-state index contributed by atoms with van der Waals surface area (Å²) in [6.45, 7) is 6.44. The van der Waals surface area contributed by atoms with Gasteiger partial charge in [-0.15, -0.1) is 11.3 Å². The SMILES string of the molecule is CN(Cc1ccc(Cl)s1)C(=O)CCNC(=O)C(C)(C)C. The van der Waals surface area contributed by atoms with Crippen LogP contribution < -0.4 is 5.32 Å². The van der Waals surface area contributed by atoms with Crippen LogP contribution in [0.5, 0.6) is 0 Å². The Bertz CT molecular complexity index is 480. The van der Waals surface area contributed by atoms with E-state index in [9.17, 15) is 9.59 Å². The molecule has 0 saturated carbocycles. The maximum absolute atomic E-state index is 11.9. The van der Waals surface area contributed by atoms with Gasteiger partial charge >= 0.3 is 0 Å². The number of rotatable bonds is 5. The first-order valence-corrected chi connectivity index (χ1v) is 7.66. The Morgan fingerprint density at radius 1 is 1.35 bits per heavy atom. The molecule has 4 nitrogen and oxygen atoms in total. The summed E-state index contributed by atoms with van der Waals surface area (Å²) >= 11 is 7.32. The van der Waals surface area contributed by atoms with Crippen molar-refractivity contribution in [3.63, 3.8) is 0 Å². The van der Waals surface area contributed by atoms with E-state index >= 15 is 0 Å². The first-order chi connectivity index (χ1) is 9.20. The van der Waals surface area contributed by atoms with E-state index in [1.54, 1.807) is 11.9 Å². The molecule has 1 aromatic heterocycles. The summed E-state index contributed by atoms with van der Waals surface area (Å²) < 4.78 is 0.721. The Hall–Kier alpha value is -1.07. The third-order valence-electron chi connectivity index (χ3n) is 2.75. The van der Waals surface area contributed by atoms with Gasteiger partial charge in [-0.2, -0.15) is 0 Å². The number of hydrogen-bond acceptors (Lipinski definition) is 3. The average Bonchev–Trinajstić information content (AvgIpc) is 2.73. The quantitative estimate of drug-likeness (QED) is 0.908. The summed E-state index contributed by atoms with van der Waals surface area (Å²) in [7, 11) is 1.75. The van der Waals surface area contributed by atoms with Crippen LogP contribution in [0.3, 0.4) is 0 Å². The lowest BCUT2D eigenvalue weighted by Crippen LogP contribution is -2.37. The third kappa shape index (κ3) is 5.51. The molecule has 0 aromatic carbocycles. The van der Waals surface area contributed by atoms with Crippen LogP contribution in [-0.2, 0) is 16.1 Å². The molecule has 0 aliphatic carbocycles. The molecule has 0 fully saturated rings. The molecule has 2 amide bonds. The van der Waals surface area contributed by atoms with Crippen molar-refractivity contribution in [1.29, 1.82) is 0 Å². The highest BCUT2D eigenvalue weighted by Crippen LogP contribution is 2.22. The van der Waals surface area contributed by atoms with Gasteiger partial charge in [0.15, 0.2) is 0 Å². The van der Waals surface area contributed by atoms with Crippen LogP contribution in [0.2, 0.25) is 4.34 Å². The minimum absolute atomic E-state index is 0.00346. The molecule has 1 aromatic rings. The molecule has 1 heterocycles. The largest absolute Gasteiger partial charge is 0.355 e. The van der Waals surface area contributed by atoms with E-state index < -0.39 is 5.41 Å². The van der Waals surface area contributed by atoms with Crippen molar-refractivity contribution in [2.45, 2.75) is 33.7 Å². The number of nitrogens with one attached hydrogen (secondary N) is 1. The maximum atomic E-state index is 11.9. The van der Waals surface area contributed by atoms with Gasteiger partial charge < -0.3 is 10.2 Å². The first kappa shape index (κ1) is 17.0. The molecular formula is C14H21ClN2O2S. The number of carbonyl (C=O) groups is 2. The summed E-state index contributed by atoms with van der Waals surface area (Å²) in [6, 6.07) is 3.74. The molecule has 112 valence electrons. The Balaban J connectivity index is 2.34. The molecular weight excluding hydrogens is 296 g/mol. The van der Waals surface area contributed by atoms with Crippen LogP contribution in [0.15, 0.2) is 12.1 Å². The van der Waals surface area contributed by atoms with Gasteiger partial charge in [-0.3, -0.25) is 9.59 Å². The molecule has 0 aliphatic heterocycles. The lowest BCUT2D eigenvalue weighted by Gasteiger charge is -2.19. The fraction of sp³-hybridized carbons (Fsp3) is 0.571. The van der Waals surface area contributed by atoms with Crippen LogP contribution in [0.1, 0.15) is 32.1 Å². The van der Waals surface area contributed by atoms with Crippen molar-refractivity contribution in [1.82, 2.24) is 10.2 Å². The molecule has 0 unspecified atom stereocenters. The second-order valence-corrected chi connectivity index (χ2v) is 7.51. The number of thiophene rings is 1. The van der Waals surface area contributed by atoms with Crippen molar-refractivity contribution in [2.24, 2.45) is 5.41 Å². The van der Waals surface area contributed by atoms with Crippen molar-refractivity contribution < 1.29 is 9.59 Å². The van der Waals surface area contributed by atoms with Crippen molar-refractivity contribution in [2.75, 3.05) is 13.6 Å². The molecule has 0 aliphatic rings. The highest BCUT2D eigenvalue weighted by molar-refractivity contribution is 7.16. The second kappa shape index (κ2) is 7.09. The average molecular weight is 317 g/mol. The van der Waals surface area contributed by atoms with Crippen LogP contribution in [-0.4, -0.2) is 30.3 Å². The van der Waals surface area contributed by atoms with E-state index in [4.69, 9.17) is 11.6 Å². The highest BCUT2D eigenvalue weighted by Gasteiger charge is 2.21. The van der Waals surface area contributed by atoms with Gasteiger partial charge in [-0.25, -0.2) is 0 Å². The Morgan fingerprint density at radius 2 is 2.00 bits per heavy atom. The van der Waals surface area contributed by atoms with E-state index in [1.165, 1.54) is 11.3 Å². The number of carbonyl (C=O) groups excluding carboxylic acids is 2. The molecule has 0 bridgehead atoms. The number of hydrogen-bond donors (Lipinski definition) is 1. The monoisotopic (exact) mass is 316 g/mol. The van der Waals surface area contributed by atoms with Crippen molar-refractivity contribution in [3.05, 3.63) is 21.3 Å². The zero-order valence-corrected chi connectivity index (χ0v) is 13.9. The fourth-order valence-electron chi connectivity index (χ4n) is 1.50. The van der Waals surface area contributed by atoms with Gasteiger partial charge in [0, 0.05) is 30.3 Å². The van der Waals surface area contributed by atoms with Crippen molar-refractivity contribution >= 4 is 34.8 Å². The summed E-state index contributed by atoms with van der Waals surface area (Å²) in [5, 5.41) is 2.77. The smallest absolute Gasteiger partial charge is 0.225 e. The minimum atomic E-state index is -0.428. The van der Waals surface area contributed by atoms with Gasteiger partial charge in [-0.1, -0.05) is 32.4 Å². The summed E-state index contributed by atoms with van der Waals surface area (Å²) in [5.74, 6) is -0.0401. The number of amides is 2. The van der Waals surface area contributed by atoms with Gasteiger partial charge in [0.1, 0.15) is 0 Å². The highest BCUT2D eigenvalue weighted by atomic mass is 35.5. The number of nitrogens with zero attached hydrogens (tertiary/aromatic N) is 1. The van der Waals surface area contributed by atoms with Gasteiger partial charge in [0.25, 0.3) is 0 Å². The third-order valence-corrected chi connectivity index (χ3v) is 3.97. The molecule has 0 saturated heterocycles. The van der Waals surface area contributed by atoms with E-state index in [2.05, 4.69) is 5.32 Å². The second-order valence-electron chi connectivity index (χ2n) is 5.71. The summed E-state index contributed by atoms with van der Waals surface area (Å²) in [6.07, 6.45) is 0.303. The van der Waals surface area contributed by atoms with E-state index in [-0.39, 0.29) is 11.8 Å². The molecule has 1 rings (SSSR count). The normalized spacial score (nSPS) is 11.2. The lowest BCUT2D eigenvalue weighted by atomic mass is 9.96. The van der Waals surface area contributed by atoms with Crippen LogP contribution in [0, 0.1) is 5.41 Å². The Morgan fingerprint density at radius 3 is 2.50 bits per heavy atom. The molecule has 0 radical (unpaired) electrons. The standard InChI is InChI=1S/C14H21ClN2O2S/c1-14(2,3)13(19)16-8-7-12(18)17(4)9-10-5-6-11(15)20-10/h5-6H,7-9H2,1-4H3,(H,16,19). The summed E-state index contributed by atoms with van der Waals surface area (Å²) in [5.41, 5.74) is -0.428. The van der Waals surface area contributed by atoms with Gasteiger partial charge in [0.05, 0.1) is 10.9 Å². The first-order valence-electron chi connectivity index (χ1n) is 6.46. The predicted molar refractivity (Wildman–Crippen MR) is 82.9 cm³/mol. The lowest BCUT2D eigenvalue weighted by molar-refractivity contribution is -0.131. The molecule has 0 spiro atoms. The predicted octanol–water partition coefficient (Wildman–Crippen LogP) is 2.91. The molecule has 0 atom stereocenters. The molecule has 1 N–H and O–H groups in total. The number of halogens is 1. The maximum Gasteiger partial charge on any atom is 0.225 e. The topological polar surface area (TPSA) is 49.4 Å². The van der Waals surface area contributed by atoms with Crippen LogP contribution >= 0.6 is 22.9 Å². The van der Waals surface area contributed by atoms with Gasteiger partial charge in [-0.05, 0) is 12.1 Å². The minimum Gasteiger partial charge on any atom is -0.355 e. The van der Waals surface area contributed by atoms with E-state index in [1.807, 2.05) is 32.9 Å². The van der Waals surface area contributed by atoms with Gasteiger partial charge in [0.2, 0.25) is 11.8 Å². The Kier molecular flexibility index (Phi) is 6.02. The van der Waals surface area contributed by atoms with E-state index in [0.717, 1.165) is 9.21 Å². The summed E-state index contributed by atoms with van der Waals surface area (Å²) in [4.78, 5) is 26.3. The van der Waals surface area contributed by atoms with Crippen LogP contribution in [0.25, 0.3) is 0 Å². The zero-order valence-electron chi connectivity index (χ0n) is 12.3. The molecule has 6 heteroatoms. The fourth-order valence-corrected chi connectivity index (χ4v) is 2.64. The van der Waals surface area contributed by atoms with E-state index in [0.29, 0.717) is 19.5 Å². The van der Waals surface area contributed by atoms with Crippen molar-refractivity contribution in [3.8, 4) is 0 Å². The Labute approximate surface area is 129 Å². The molecule has 20 heavy (non-hydrogen) atoms. The van der Waals surface area contributed by atoms with Crippen LogP contribution in [0.4, 0.5) is 0 Å². The zero-order chi connectivity index (χ0) is 15.3.